The van der Waals surface area contributed by atoms with E-state index in [1.54, 1.807) is 0 Å². The normalized spacial score (nSPS) is 10.4. The van der Waals surface area contributed by atoms with Crippen LogP contribution in [0.3, 0.4) is 0 Å². The summed E-state index contributed by atoms with van der Waals surface area (Å²) in [4.78, 5) is 15.2. The van der Waals surface area contributed by atoms with E-state index >= 15 is 0 Å². The molecule has 1 aromatic heterocycles. The quantitative estimate of drug-likeness (QED) is 0.691. The minimum absolute atomic E-state index is 0.0420. The summed E-state index contributed by atoms with van der Waals surface area (Å²) in [6.45, 7) is 0.0420. The molecule has 0 bridgehead atoms. The molecule has 1 aromatic carbocycles. The van der Waals surface area contributed by atoms with E-state index in [1.807, 2.05) is 0 Å². The van der Waals surface area contributed by atoms with Crippen LogP contribution in [0.1, 0.15) is 5.56 Å². The molecule has 0 atom stereocenters. The minimum atomic E-state index is -1.71. The number of hydrogen-bond donors (Lipinski definition) is 2. The van der Waals surface area contributed by atoms with Crippen LogP contribution in [-0.4, -0.2) is 26.7 Å². The van der Waals surface area contributed by atoms with Gasteiger partial charge in [0.25, 0.3) is 5.56 Å². The maximum Gasteiger partial charge on any atom is 0.488 e. The van der Waals surface area contributed by atoms with Gasteiger partial charge in [0.05, 0.1) is 12.9 Å². The highest BCUT2D eigenvalue weighted by atomic mass is 19.1. The monoisotopic (exact) mass is 248 g/mol. The number of rotatable bonds is 3. The van der Waals surface area contributed by atoms with E-state index in [1.165, 1.54) is 35.3 Å². The molecule has 7 heteroatoms. The van der Waals surface area contributed by atoms with Crippen LogP contribution < -0.4 is 11.0 Å². The smallest absolute Gasteiger partial charge is 0.423 e. The molecule has 0 aliphatic heterocycles. The van der Waals surface area contributed by atoms with Crippen LogP contribution in [0, 0.1) is 5.82 Å². The molecule has 5 nitrogen and oxygen atoms in total. The summed E-state index contributed by atoms with van der Waals surface area (Å²) in [5, 5.41) is 17.8. The molecule has 92 valence electrons. The zero-order valence-corrected chi connectivity index (χ0v) is 9.32. The molecule has 1 heterocycles. The molecule has 0 aliphatic rings. The first kappa shape index (κ1) is 12.5. The predicted molar refractivity (Wildman–Crippen MR) is 63.8 cm³/mol. The maximum atomic E-state index is 13.7. The number of benzene rings is 1. The molecule has 2 N–H and O–H groups in total. The topological polar surface area (TPSA) is 75.4 Å². The van der Waals surface area contributed by atoms with Gasteiger partial charge in [0.15, 0.2) is 0 Å². The Morgan fingerprint density at radius 2 is 2.11 bits per heavy atom. The van der Waals surface area contributed by atoms with Crippen LogP contribution >= 0.6 is 0 Å². The first-order chi connectivity index (χ1) is 8.58. The van der Waals surface area contributed by atoms with Crippen molar-refractivity contribution in [3.8, 4) is 0 Å². The second kappa shape index (κ2) is 5.11. The predicted octanol–water partition coefficient (Wildman–Crippen LogP) is -0.889. The lowest BCUT2D eigenvalue weighted by Crippen LogP contribution is -2.30. The minimum Gasteiger partial charge on any atom is -0.423 e. The SMILES string of the molecule is O=c1ccncn1Cc1ccc(B(O)O)cc1F. The summed E-state index contributed by atoms with van der Waals surface area (Å²) in [7, 11) is -1.71. The number of hydrogen-bond acceptors (Lipinski definition) is 4. The second-order valence-corrected chi connectivity index (χ2v) is 3.77. The lowest BCUT2D eigenvalue weighted by atomic mass is 9.80. The fourth-order valence-electron chi connectivity index (χ4n) is 1.53. The van der Waals surface area contributed by atoms with Crippen molar-refractivity contribution in [3.05, 3.63) is 58.5 Å². The van der Waals surface area contributed by atoms with Gasteiger partial charge in [-0.15, -0.1) is 0 Å². The van der Waals surface area contributed by atoms with E-state index in [0.717, 1.165) is 6.07 Å². The molecule has 2 rings (SSSR count). The van der Waals surface area contributed by atoms with Crippen molar-refractivity contribution in [3.63, 3.8) is 0 Å². The van der Waals surface area contributed by atoms with Gasteiger partial charge in [-0.2, -0.15) is 0 Å². The van der Waals surface area contributed by atoms with Crippen molar-refractivity contribution in [1.29, 1.82) is 0 Å². The van der Waals surface area contributed by atoms with Crippen LogP contribution in [0.15, 0.2) is 41.6 Å². The summed E-state index contributed by atoms with van der Waals surface area (Å²) in [6.07, 6.45) is 2.68. The lowest BCUT2D eigenvalue weighted by Gasteiger charge is -2.07. The van der Waals surface area contributed by atoms with Gasteiger partial charge in [0.2, 0.25) is 0 Å². The van der Waals surface area contributed by atoms with E-state index < -0.39 is 12.9 Å². The second-order valence-electron chi connectivity index (χ2n) is 3.77. The first-order valence-corrected chi connectivity index (χ1v) is 5.23. The van der Waals surface area contributed by atoms with Crippen LogP contribution in [0.2, 0.25) is 0 Å². The van der Waals surface area contributed by atoms with Gasteiger partial charge in [0.1, 0.15) is 5.82 Å². The highest BCUT2D eigenvalue weighted by Crippen LogP contribution is 2.06. The van der Waals surface area contributed by atoms with Crippen molar-refractivity contribution in [2.24, 2.45) is 0 Å². The molecule has 0 saturated carbocycles. The van der Waals surface area contributed by atoms with Crippen molar-refractivity contribution in [2.45, 2.75) is 6.54 Å². The Labute approximate surface area is 102 Å². The van der Waals surface area contributed by atoms with Gasteiger partial charge < -0.3 is 10.0 Å². The lowest BCUT2D eigenvalue weighted by molar-refractivity contribution is 0.425. The third-order valence-corrected chi connectivity index (χ3v) is 2.51. The van der Waals surface area contributed by atoms with Gasteiger partial charge in [-0.3, -0.25) is 9.36 Å². The third-order valence-electron chi connectivity index (χ3n) is 2.51. The third kappa shape index (κ3) is 2.64. The Bertz CT molecular complexity index is 615. The first-order valence-electron chi connectivity index (χ1n) is 5.23. The molecule has 0 saturated heterocycles. The van der Waals surface area contributed by atoms with E-state index in [2.05, 4.69) is 4.98 Å². The molecule has 0 unspecified atom stereocenters. The Morgan fingerprint density at radius 1 is 1.33 bits per heavy atom. The van der Waals surface area contributed by atoms with Crippen molar-refractivity contribution >= 4 is 12.6 Å². The molecular formula is C11H10BFN2O3. The fraction of sp³-hybridized carbons (Fsp3) is 0.0909. The number of halogens is 1. The van der Waals surface area contributed by atoms with Crippen LogP contribution in [0.5, 0.6) is 0 Å². The molecule has 0 aliphatic carbocycles. The van der Waals surface area contributed by atoms with Gasteiger partial charge in [0, 0.05) is 17.8 Å². The highest BCUT2D eigenvalue weighted by Gasteiger charge is 2.13. The van der Waals surface area contributed by atoms with Crippen LogP contribution in [0.25, 0.3) is 0 Å². The largest absolute Gasteiger partial charge is 0.488 e. The molecule has 2 aromatic rings. The van der Waals surface area contributed by atoms with Gasteiger partial charge in [-0.05, 0) is 11.5 Å². The molecule has 0 radical (unpaired) electrons. The molecule has 18 heavy (non-hydrogen) atoms. The zero-order valence-electron chi connectivity index (χ0n) is 9.32. The molecule has 0 amide bonds. The molecule has 0 fully saturated rings. The van der Waals surface area contributed by atoms with Gasteiger partial charge >= 0.3 is 7.12 Å². The van der Waals surface area contributed by atoms with E-state index in [9.17, 15) is 9.18 Å². The average molecular weight is 248 g/mol. The van der Waals surface area contributed by atoms with E-state index in [-0.39, 0.29) is 23.1 Å². The van der Waals surface area contributed by atoms with Crippen molar-refractivity contribution in [1.82, 2.24) is 9.55 Å². The van der Waals surface area contributed by atoms with Crippen LogP contribution in [0.4, 0.5) is 4.39 Å². The summed E-state index contributed by atoms with van der Waals surface area (Å²) >= 11 is 0. The van der Waals surface area contributed by atoms with E-state index in [0.29, 0.717) is 0 Å². The summed E-state index contributed by atoms with van der Waals surface area (Å²) < 4.78 is 14.9. The standard InChI is InChI=1S/C11H10BFN2O3/c13-10-5-9(12(17)18)2-1-8(10)6-15-7-14-4-3-11(15)16/h1-5,7,17-18H,6H2. The molecular weight excluding hydrogens is 238 g/mol. The van der Waals surface area contributed by atoms with E-state index in [4.69, 9.17) is 10.0 Å². The Hall–Kier alpha value is -1.99. The van der Waals surface area contributed by atoms with Crippen molar-refractivity contribution < 1.29 is 14.4 Å². The Kier molecular flexibility index (Phi) is 3.54. The highest BCUT2D eigenvalue weighted by molar-refractivity contribution is 6.58. The maximum absolute atomic E-state index is 13.7. The van der Waals surface area contributed by atoms with Gasteiger partial charge in [-0.1, -0.05) is 12.1 Å². The average Bonchev–Trinajstić information content (AvgIpc) is 2.34. The number of aromatic nitrogens is 2. The Balaban J connectivity index is 2.31. The summed E-state index contributed by atoms with van der Waals surface area (Å²) in [6, 6.07) is 5.11. The van der Waals surface area contributed by atoms with Crippen molar-refractivity contribution in [2.75, 3.05) is 0 Å². The zero-order chi connectivity index (χ0) is 13.1. The van der Waals surface area contributed by atoms with Crippen LogP contribution in [-0.2, 0) is 6.54 Å². The summed E-state index contributed by atoms with van der Waals surface area (Å²) in [5.41, 5.74) is 0.0555. The Morgan fingerprint density at radius 3 is 2.72 bits per heavy atom. The summed E-state index contributed by atoms with van der Waals surface area (Å²) in [5.74, 6) is -0.601. The number of nitrogens with zero attached hydrogens (tertiary/aromatic N) is 2. The van der Waals surface area contributed by atoms with Gasteiger partial charge in [-0.25, -0.2) is 9.37 Å². The fourth-order valence-corrected chi connectivity index (χ4v) is 1.53. The molecule has 0 spiro atoms.